The molecule has 3 atom stereocenters. The summed E-state index contributed by atoms with van der Waals surface area (Å²) in [7, 11) is 0. The molecule has 1 aliphatic heterocycles. The smallest absolute Gasteiger partial charge is 0.322 e. The lowest BCUT2D eigenvalue weighted by molar-refractivity contribution is 0.376. The summed E-state index contributed by atoms with van der Waals surface area (Å²) in [6, 6.07) is 9.99. The van der Waals surface area contributed by atoms with Crippen molar-refractivity contribution >= 4 is 34.8 Å². The second-order valence-electron chi connectivity index (χ2n) is 8.41. The van der Waals surface area contributed by atoms with Crippen molar-refractivity contribution < 1.29 is 4.74 Å². The molecule has 0 amide bonds. The molecule has 5 rings (SSSR count). The normalized spacial score (nSPS) is 22.2. The summed E-state index contributed by atoms with van der Waals surface area (Å²) in [6.45, 7) is 4.72. The van der Waals surface area contributed by atoms with E-state index in [4.69, 9.17) is 27.9 Å². The van der Waals surface area contributed by atoms with E-state index in [0.717, 1.165) is 31.7 Å². The number of hydrogen-bond acceptors (Lipinski definition) is 7. The molecular formula is C22H25Cl2N7O. The van der Waals surface area contributed by atoms with Crippen LogP contribution in [0.5, 0.6) is 11.8 Å². The summed E-state index contributed by atoms with van der Waals surface area (Å²) >= 11 is 12.1. The molecule has 0 unspecified atom stereocenters. The molecule has 1 aromatic carbocycles. The van der Waals surface area contributed by atoms with Gasteiger partial charge in [-0.3, -0.25) is 0 Å². The van der Waals surface area contributed by atoms with E-state index in [1.807, 2.05) is 28.9 Å². The largest absolute Gasteiger partial charge is 0.424 e. The number of halogens is 2. The lowest BCUT2D eigenvalue weighted by Crippen LogP contribution is -2.48. The van der Waals surface area contributed by atoms with Crippen LogP contribution in [-0.2, 0) is 6.54 Å². The minimum atomic E-state index is 0.327. The highest BCUT2D eigenvalue weighted by molar-refractivity contribution is 6.30. The molecule has 1 saturated heterocycles. The molecule has 2 aromatic heterocycles. The zero-order valence-corrected chi connectivity index (χ0v) is 19.3. The molecule has 2 fully saturated rings. The monoisotopic (exact) mass is 473 g/mol. The zero-order valence-electron chi connectivity index (χ0n) is 17.8. The van der Waals surface area contributed by atoms with Gasteiger partial charge in [0.2, 0.25) is 5.95 Å². The van der Waals surface area contributed by atoms with E-state index in [0.29, 0.717) is 45.8 Å². The summed E-state index contributed by atoms with van der Waals surface area (Å²) in [5.74, 6) is 2.25. The van der Waals surface area contributed by atoms with E-state index in [-0.39, 0.29) is 0 Å². The highest BCUT2D eigenvalue weighted by Crippen LogP contribution is 2.40. The second kappa shape index (κ2) is 9.11. The van der Waals surface area contributed by atoms with Crippen molar-refractivity contribution in [2.75, 3.05) is 23.3 Å². The standard InChI is InChI=1S/C22H25Cl2N7O/c1-2-8-31-22(32-18-5-3-4-16(23)9-18)27-21(29-31)26-20-14-6-7-15(20)13-30(12-14)17-10-19(24)28-25-11-17/h3-5,9-11,14-15,20H,2,6-8,12-13H2,1H3,(H,26,29)/t14-,15+,20-. The van der Waals surface area contributed by atoms with Gasteiger partial charge in [0, 0.05) is 36.8 Å². The van der Waals surface area contributed by atoms with Crippen molar-refractivity contribution in [1.29, 1.82) is 0 Å². The van der Waals surface area contributed by atoms with Crippen LogP contribution in [0.4, 0.5) is 11.6 Å². The Labute approximate surface area is 196 Å². The SMILES string of the molecule is CCCn1nc(N[C@@H]2[C@@H]3CC[C@H]2CN(c2cnnc(Cl)c2)C3)nc1Oc1cccc(Cl)c1. The number of anilines is 2. The van der Waals surface area contributed by atoms with Gasteiger partial charge in [-0.1, -0.05) is 36.2 Å². The van der Waals surface area contributed by atoms with Gasteiger partial charge < -0.3 is 15.0 Å². The number of aryl methyl sites for hydroxylation is 1. The van der Waals surface area contributed by atoms with Crippen LogP contribution < -0.4 is 15.0 Å². The van der Waals surface area contributed by atoms with Gasteiger partial charge in [0.05, 0.1) is 11.9 Å². The maximum absolute atomic E-state index is 6.10. The number of hydrogen-bond donors (Lipinski definition) is 1. The minimum Gasteiger partial charge on any atom is -0.424 e. The summed E-state index contributed by atoms with van der Waals surface area (Å²) in [6.07, 6.45) is 5.06. The highest BCUT2D eigenvalue weighted by atomic mass is 35.5. The van der Waals surface area contributed by atoms with Crippen molar-refractivity contribution in [2.24, 2.45) is 11.8 Å². The fraction of sp³-hybridized carbons (Fsp3) is 0.455. The van der Waals surface area contributed by atoms with E-state index in [2.05, 4.69) is 37.4 Å². The topological polar surface area (TPSA) is 81.0 Å². The predicted molar refractivity (Wildman–Crippen MR) is 125 cm³/mol. The number of benzene rings is 1. The Bertz CT molecular complexity index is 1080. The van der Waals surface area contributed by atoms with E-state index < -0.39 is 0 Å². The molecule has 2 bridgehead atoms. The summed E-state index contributed by atoms with van der Waals surface area (Å²) in [5.41, 5.74) is 1.03. The predicted octanol–water partition coefficient (Wildman–Crippen LogP) is 4.90. The Morgan fingerprint density at radius 1 is 1.16 bits per heavy atom. The summed E-state index contributed by atoms with van der Waals surface area (Å²) in [5, 5.41) is 17.2. The molecule has 3 aromatic rings. The van der Waals surface area contributed by atoms with Crippen LogP contribution >= 0.6 is 23.2 Å². The molecule has 8 nitrogen and oxygen atoms in total. The van der Waals surface area contributed by atoms with Gasteiger partial charge >= 0.3 is 6.01 Å². The lowest BCUT2D eigenvalue weighted by atomic mass is 9.92. The summed E-state index contributed by atoms with van der Waals surface area (Å²) in [4.78, 5) is 7.02. The Balaban J connectivity index is 1.31. The first-order chi connectivity index (χ1) is 15.6. The molecule has 1 N–H and O–H groups in total. The van der Waals surface area contributed by atoms with Crippen LogP contribution in [-0.4, -0.2) is 44.1 Å². The quantitative estimate of drug-likeness (QED) is 0.522. The van der Waals surface area contributed by atoms with Crippen LogP contribution in [0.15, 0.2) is 36.5 Å². The lowest BCUT2D eigenvalue weighted by Gasteiger charge is -2.39. The van der Waals surface area contributed by atoms with Gasteiger partial charge in [-0.05, 0) is 49.3 Å². The Kier molecular flexibility index (Phi) is 6.06. The second-order valence-corrected chi connectivity index (χ2v) is 9.23. The van der Waals surface area contributed by atoms with Gasteiger partial charge in [0.1, 0.15) is 5.75 Å². The van der Waals surface area contributed by atoms with Crippen molar-refractivity contribution in [2.45, 2.75) is 38.8 Å². The molecule has 1 aliphatic carbocycles. The Hall–Kier alpha value is -2.58. The first kappa shape index (κ1) is 21.3. The third-order valence-electron chi connectivity index (χ3n) is 6.18. The van der Waals surface area contributed by atoms with Crippen LogP contribution in [0.25, 0.3) is 0 Å². The zero-order chi connectivity index (χ0) is 22.1. The molecule has 1 saturated carbocycles. The van der Waals surface area contributed by atoms with Crippen molar-refractivity contribution in [3.8, 4) is 11.8 Å². The number of aromatic nitrogens is 5. The molecule has 3 heterocycles. The third kappa shape index (κ3) is 4.47. The first-order valence-corrected chi connectivity index (χ1v) is 11.7. The average molecular weight is 474 g/mol. The molecule has 168 valence electrons. The molecule has 32 heavy (non-hydrogen) atoms. The maximum Gasteiger partial charge on any atom is 0.322 e. The average Bonchev–Trinajstić information content (AvgIpc) is 3.23. The van der Waals surface area contributed by atoms with Crippen molar-refractivity contribution in [3.05, 3.63) is 46.7 Å². The van der Waals surface area contributed by atoms with Crippen molar-refractivity contribution in [3.63, 3.8) is 0 Å². The van der Waals surface area contributed by atoms with E-state index in [1.54, 1.807) is 12.3 Å². The number of piperidine rings is 1. The van der Waals surface area contributed by atoms with Gasteiger partial charge in [0.25, 0.3) is 0 Å². The van der Waals surface area contributed by atoms with Gasteiger partial charge in [0.15, 0.2) is 5.15 Å². The number of ether oxygens (including phenoxy) is 1. The first-order valence-electron chi connectivity index (χ1n) is 11.0. The fourth-order valence-corrected chi connectivity index (χ4v) is 5.12. The number of fused-ring (bicyclic) bond motifs is 2. The molecule has 0 spiro atoms. The third-order valence-corrected chi connectivity index (χ3v) is 6.60. The Morgan fingerprint density at radius 2 is 1.97 bits per heavy atom. The number of rotatable bonds is 7. The van der Waals surface area contributed by atoms with Crippen LogP contribution in [0.2, 0.25) is 10.2 Å². The summed E-state index contributed by atoms with van der Waals surface area (Å²) < 4.78 is 7.81. The Morgan fingerprint density at radius 3 is 2.69 bits per heavy atom. The molecule has 10 heteroatoms. The van der Waals surface area contributed by atoms with E-state index >= 15 is 0 Å². The fourth-order valence-electron chi connectivity index (χ4n) is 4.78. The van der Waals surface area contributed by atoms with E-state index in [1.165, 1.54) is 12.8 Å². The minimum absolute atomic E-state index is 0.327. The number of nitrogens with one attached hydrogen (secondary N) is 1. The highest BCUT2D eigenvalue weighted by Gasteiger charge is 2.42. The van der Waals surface area contributed by atoms with E-state index in [9.17, 15) is 0 Å². The van der Waals surface area contributed by atoms with Crippen LogP contribution in [0.1, 0.15) is 26.2 Å². The van der Waals surface area contributed by atoms with Gasteiger partial charge in [-0.2, -0.15) is 10.1 Å². The number of nitrogens with zero attached hydrogens (tertiary/aromatic N) is 6. The molecule has 0 radical (unpaired) electrons. The maximum atomic E-state index is 6.10. The van der Waals surface area contributed by atoms with Gasteiger partial charge in [-0.15, -0.1) is 10.2 Å². The molecule has 2 aliphatic rings. The molecular weight excluding hydrogens is 449 g/mol. The van der Waals surface area contributed by atoms with Crippen LogP contribution in [0, 0.1) is 11.8 Å². The van der Waals surface area contributed by atoms with Crippen LogP contribution in [0.3, 0.4) is 0 Å². The van der Waals surface area contributed by atoms with Crippen molar-refractivity contribution in [1.82, 2.24) is 25.0 Å². The van der Waals surface area contributed by atoms with Gasteiger partial charge in [-0.25, -0.2) is 4.68 Å².